The molecule has 5 heteroatoms. The van der Waals surface area contributed by atoms with Crippen molar-refractivity contribution in [1.29, 1.82) is 0 Å². The Morgan fingerprint density at radius 3 is 2.65 bits per heavy atom. The van der Waals surface area contributed by atoms with Crippen LogP contribution in [-0.2, 0) is 0 Å². The number of thioether (sulfide) groups is 1. The molecule has 1 saturated carbocycles. The van der Waals surface area contributed by atoms with Gasteiger partial charge in [-0.15, -0.1) is 0 Å². The Kier molecular flexibility index (Phi) is 4.10. The lowest BCUT2D eigenvalue weighted by Crippen LogP contribution is -2.27. The van der Waals surface area contributed by atoms with Gasteiger partial charge >= 0.3 is 0 Å². The third-order valence-electron chi connectivity index (χ3n) is 3.47. The van der Waals surface area contributed by atoms with Crippen LogP contribution in [0.1, 0.15) is 31.2 Å². The van der Waals surface area contributed by atoms with E-state index in [9.17, 15) is 0 Å². The molecule has 1 heterocycles. The summed E-state index contributed by atoms with van der Waals surface area (Å²) in [6, 6.07) is 0.534. The average Bonchev–Trinajstić information content (AvgIpc) is 2.36. The van der Waals surface area contributed by atoms with Gasteiger partial charge in [-0.25, -0.2) is 9.97 Å². The van der Waals surface area contributed by atoms with Gasteiger partial charge in [0.25, 0.3) is 0 Å². The highest BCUT2D eigenvalue weighted by molar-refractivity contribution is 7.99. The van der Waals surface area contributed by atoms with E-state index in [2.05, 4.69) is 21.5 Å². The molecule has 3 N–H and O–H groups in total. The first-order valence-electron chi connectivity index (χ1n) is 6.07. The molecule has 0 aliphatic heterocycles. The number of nitrogens with zero attached hydrogens (tertiary/aromatic N) is 2. The quantitative estimate of drug-likeness (QED) is 0.865. The predicted molar refractivity (Wildman–Crippen MR) is 74.4 cm³/mol. The molecule has 4 nitrogen and oxygen atoms in total. The number of anilines is 2. The highest BCUT2D eigenvalue weighted by atomic mass is 32.2. The van der Waals surface area contributed by atoms with Gasteiger partial charge in [0.1, 0.15) is 18.0 Å². The number of nitrogen functional groups attached to an aromatic ring is 1. The van der Waals surface area contributed by atoms with E-state index in [1.54, 1.807) is 0 Å². The lowest BCUT2D eigenvalue weighted by molar-refractivity contribution is 0.472. The molecule has 0 radical (unpaired) electrons. The second-order valence-corrected chi connectivity index (χ2v) is 5.72. The third-order valence-corrected chi connectivity index (χ3v) is 4.61. The van der Waals surface area contributed by atoms with Gasteiger partial charge in [0.15, 0.2) is 0 Å². The smallest absolute Gasteiger partial charge is 0.134 e. The number of nitrogens with two attached hydrogens (primary N) is 1. The Hall–Kier alpha value is -0.970. The monoisotopic (exact) mass is 252 g/mol. The van der Waals surface area contributed by atoms with Crippen LogP contribution in [0.3, 0.4) is 0 Å². The summed E-state index contributed by atoms with van der Waals surface area (Å²) in [5.41, 5.74) is 6.73. The molecule has 0 aromatic carbocycles. The Labute approximate surface area is 107 Å². The van der Waals surface area contributed by atoms with Crippen LogP contribution in [0.5, 0.6) is 0 Å². The van der Waals surface area contributed by atoms with E-state index in [0.717, 1.165) is 16.6 Å². The molecule has 94 valence electrons. The van der Waals surface area contributed by atoms with E-state index in [-0.39, 0.29) is 0 Å². The fourth-order valence-corrected chi connectivity index (χ4v) is 2.99. The first-order valence-corrected chi connectivity index (χ1v) is 7.36. The summed E-state index contributed by atoms with van der Waals surface area (Å²) in [5, 5.41) is 4.33. The molecule has 0 unspecified atom stereocenters. The number of rotatable bonds is 3. The molecule has 0 bridgehead atoms. The van der Waals surface area contributed by atoms with E-state index < -0.39 is 0 Å². The van der Waals surface area contributed by atoms with Gasteiger partial charge < -0.3 is 11.1 Å². The number of nitrogens with one attached hydrogen (secondary N) is 1. The summed E-state index contributed by atoms with van der Waals surface area (Å²) >= 11 is 1.99. The zero-order chi connectivity index (χ0) is 12.3. The zero-order valence-corrected chi connectivity index (χ0v) is 11.3. The minimum Gasteiger partial charge on any atom is -0.383 e. The van der Waals surface area contributed by atoms with E-state index in [4.69, 9.17) is 5.73 Å². The summed E-state index contributed by atoms with van der Waals surface area (Å²) in [6.07, 6.45) is 8.74. The Morgan fingerprint density at radius 2 is 2.00 bits per heavy atom. The molecule has 1 aliphatic rings. The van der Waals surface area contributed by atoms with Crippen molar-refractivity contribution in [2.24, 2.45) is 0 Å². The molecule has 17 heavy (non-hydrogen) atoms. The van der Waals surface area contributed by atoms with E-state index >= 15 is 0 Å². The highest BCUT2D eigenvalue weighted by Gasteiger charge is 2.21. The minimum absolute atomic E-state index is 0.534. The van der Waals surface area contributed by atoms with Gasteiger partial charge in [-0.1, -0.05) is 0 Å². The van der Waals surface area contributed by atoms with Gasteiger partial charge in [-0.2, -0.15) is 11.8 Å². The first-order chi connectivity index (χ1) is 8.20. The van der Waals surface area contributed by atoms with Crippen LogP contribution in [0.25, 0.3) is 0 Å². The maximum Gasteiger partial charge on any atom is 0.134 e. The molecule has 0 spiro atoms. The number of hydrogen-bond donors (Lipinski definition) is 2. The molecular weight excluding hydrogens is 232 g/mol. The average molecular weight is 252 g/mol. The maximum absolute atomic E-state index is 5.77. The first kappa shape index (κ1) is 12.5. The maximum atomic E-state index is 5.77. The van der Waals surface area contributed by atoms with E-state index in [1.807, 2.05) is 18.7 Å². The van der Waals surface area contributed by atoms with Crippen LogP contribution in [-0.4, -0.2) is 27.5 Å². The molecule has 0 amide bonds. The van der Waals surface area contributed by atoms with Crippen molar-refractivity contribution in [2.45, 2.75) is 43.9 Å². The van der Waals surface area contributed by atoms with Crippen molar-refractivity contribution < 1.29 is 0 Å². The number of aromatic nitrogens is 2. The van der Waals surface area contributed by atoms with Gasteiger partial charge in [0.05, 0.1) is 0 Å². The zero-order valence-electron chi connectivity index (χ0n) is 10.4. The lowest BCUT2D eigenvalue weighted by Gasteiger charge is -2.28. The Morgan fingerprint density at radius 1 is 1.29 bits per heavy atom. The summed E-state index contributed by atoms with van der Waals surface area (Å²) in [4.78, 5) is 8.25. The second kappa shape index (κ2) is 5.58. The van der Waals surface area contributed by atoms with Crippen LogP contribution in [0, 0.1) is 6.92 Å². The number of hydrogen-bond acceptors (Lipinski definition) is 5. The van der Waals surface area contributed by atoms with Crippen LogP contribution < -0.4 is 11.1 Å². The molecule has 1 aromatic heterocycles. The molecular formula is C12H20N4S. The van der Waals surface area contributed by atoms with Crippen molar-refractivity contribution in [3.63, 3.8) is 0 Å². The standard InChI is InChI=1S/C12H20N4S/c1-8-11(13)14-7-15-12(8)16-9-3-5-10(17-2)6-4-9/h7,9-10H,3-6H2,1-2H3,(H3,13,14,15,16). The largest absolute Gasteiger partial charge is 0.383 e. The third kappa shape index (κ3) is 3.03. The predicted octanol–water partition coefficient (Wildman–Crippen LogP) is 2.45. The normalized spacial score (nSPS) is 24.6. The van der Waals surface area contributed by atoms with Crippen molar-refractivity contribution in [3.05, 3.63) is 11.9 Å². The van der Waals surface area contributed by atoms with Gasteiger partial charge in [-0.3, -0.25) is 0 Å². The summed E-state index contributed by atoms with van der Waals surface area (Å²) < 4.78 is 0. The van der Waals surface area contributed by atoms with Gasteiger partial charge in [0.2, 0.25) is 0 Å². The van der Waals surface area contributed by atoms with Gasteiger partial charge in [0, 0.05) is 16.9 Å². The fraction of sp³-hybridized carbons (Fsp3) is 0.667. The van der Waals surface area contributed by atoms with Crippen molar-refractivity contribution >= 4 is 23.4 Å². The fourth-order valence-electron chi connectivity index (χ4n) is 2.25. The highest BCUT2D eigenvalue weighted by Crippen LogP contribution is 2.29. The Bertz CT molecular complexity index is 375. The molecule has 1 aromatic rings. The van der Waals surface area contributed by atoms with Crippen molar-refractivity contribution in [2.75, 3.05) is 17.3 Å². The summed E-state index contributed by atoms with van der Waals surface area (Å²) in [5.74, 6) is 1.46. The molecule has 1 fully saturated rings. The van der Waals surface area contributed by atoms with Crippen LogP contribution in [0.2, 0.25) is 0 Å². The molecule has 1 aliphatic carbocycles. The second-order valence-electron chi connectivity index (χ2n) is 4.59. The Balaban J connectivity index is 1.95. The van der Waals surface area contributed by atoms with Crippen LogP contribution in [0.4, 0.5) is 11.6 Å². The van der Waals surface area contributed by atoms with Crippen LogP contribution >= 0.6 is 11.8 Å². The van der Waals surface area contributed by atoms with Crippen molar-refractivity contribution in [1.82, 2.24) is 9.97 Å². The molecule has 0 saturated heterocycles. The van der Waals surface area contributed by atoms with E-state index in [1.165, 1.54) is 32.0 Å². The van der Waals surface area contributed by atoms with E-state index in [0.29, 0.717) is 11.9 Å². The molecule has 2 rings (SSSR count). The van der Waals surface area contributed by atoms with Crippen molar-refractivity contribution in [3.8, 4) is 0 Å². The summed E-state index contributed by atoms with van der Waals surface area (Å²) in [7, 11) is 0. The molecule has 0 atom stereocenters. The lowest BCUT2D eigenvalue weighted by atomic mass is 9.95. The topological polar surface area (TPSA) is 63.8 Å². The van der Waals surface area contributed by atoms with Gasteiger partial charge in [-0.05, 0) is 38.9 Å². The van der Waals surface area contributed by atoms with Crippen LogP contribution in [0.15, 0.2) is 6.33 Å². The SMILES string of the molecule is CSC1CCC(Nc2ncnc(N)c2C)CC1. The minimum atomic E-state index is 0.534. The summed E-state index contributed by atoms with van der Waals surface area (Å²) in [6.45, 7) is 1.96.